The van der Waals surface area contributed by atoms with Gasteiger partial charge in [0.1, 0.15) is 5.82 Å². The van der Waals surface area contributed by atoms with Crippen molar-refractivity contribution in [1.29, 1.82) is 0 Å². The van der Waals surface area contributed by atoms with Crippen LogP contribution in [0.1, 0.15) is 31.2 Å². The number of benzene rings is 1. The van der Waals surface area contributed by atoms with E-state index in [9.17, 15) is 4.39 Å². The van der Waals surface area contributed by atoms with Crippen molar-refractivity contribution >= 4 is 15.9 Å². The lowest BCUT2D eigenvalue weighted by molar-refractivity contribution is 0.106. The molecule has 1 saturated heterocycles. The molecule has 1 heterocycles. The van der Waals surface area contributed by atoms with Crippen molar-refractivity contribution in [3.8, 4) is 0 Å². The molecule has 1 aliphatic heterocycles. The van der Waals surface area contributed by atoms with Gasteiger partial charge in [-0.3, -0.25) is 0 Å². The fraction of sp³-hybridized carbons (Fsp3) is 0.571. The third-order valence-corrected chi connectivity index (χ3v) is 3.78. The summed E-state index contributed by atoms with van der Waals surface area (Å²) in [5.41, 5.74) is 0.612. The second kappa shape index (κ2) is 7.22. The topological polar surface area (TPSA) is 21.3 Å². The summed E-state index contributed by atoms with van der Waals surface area (Å²) < 4.78 is 19.9. The van der Waals surface area contributed by atoms with Crippen LogP contribution in [0.2, 0.25) is 0 Å². The molecule has 0 amide bonds. The summed E-state index contributed by atoms with van der Waals surface area (Å²) in [5, 5.41) is 3.48. The molecule has 1 atom stereocenters. The van der Waals surface area contributed by atoms with Gasteiger partial charge in [-0.25, -0.2) is 4.39 Å². The number of hydrogen-bond acceptors (Lipinski definition) is 2. The van der Waals surface area contributed by atoms with Crippen LogP contribution in [0, 0.1) is 5.82 Å². The third-order valence-electron chi connectivity index (χ3n) is 3.29. The molecule has 1 N–H and O–H groups in total. The quantitative estimate of drug-likeness (QED) is 0.838. The zero-order valence-electron chi connectivity index (χ0n) is 10.4. The van der Waals surface area contributed by atoms with Gasteiger partial charge in [0.2, 0.25) is 0 Å². The summed E-state index contributed by atoms with van der Waals surface area (Å²) in [6, 6.07) is 5.51. The number of ether oxygens (including phenoxy) is 1. The SMILES string of the molecule is Fc1ccc(Br)cc1COCCC1CCCCN1. The third kappa shape index (κ3) is 4.34. The molecule has 2 nitrogen and oxygen atoms in total. The minimum Gasteiger partial charge on any atom is -0.377 e. The molecule has 0 aliphatic carbocycles. The van der Waals surface area contributed by atoms with Gasteiger partial charge in [-0.1, -0.05) is 22.4 Å². The Balaban J connectivity index is 1.69. The van der Waals surface area contributed by atoms with Crippen LogP contribution in [-0.4, -0.2) is 19.2 Å². The minimum absolute atomic E-state index is 0.200. The molecule has 100 valence electrons. The molecule has 18 heavy (non-hydrogen) atoms. The van der Waals surface area contributed by atoms with Gasteiger partial charge >= 0.3 is 0 Å². The highest BCUT2D eigenvalue weighted by Gasteiger charge is 2.12. The molecule has 1 aromatic rings. The van der Waals surface area contributed by atoms with Gasteiger partial charge in [-0.2, -0.15) is 0 Å². The molecule has 4 heteroatoms. The second-order valence-electron chi connectivity index (χ2n) is 4.72. The van der Waals surface area contributed by atoms with Crippen LogP contribution in [0.4, 0.5) is 4.39 Å². The molecule has 1 unspecified atom stereocenters. The summed E-state index contributed by atoms with van der Waals surface area (Å²) in [5.74, 6) is -0.200. The highest BCUT2D eigenvalue weighted by molar-refractivity contribution is 9.10. The maximum atomic E-state index is 13.4. The monoisotopic (exact) mass is 315 g/mol. The normalized spacial score (nSPS) is 20.0. The summed E-state index contributed by atoms with van der Waals surface area (Å²) in [4.78, 5) is 0. The molecule has 2 rings (SSSR count). The molecule has 0 spiro atoms. The van der Waals surface area contributed by atoms with Crippen molar-refractivity contribution in [2.24, 2.45) is 0 Å². The van der Waals surface area contributed by atoms with E-state index in [1.165, 1.54) is 25.3 Å². The van der Waals surface area contributed by atoms with E-state index in [1.54, 1.807) is 12.1 Å². The first-order chi connectivity index (χ1) is 8.75. The Morgan fingerprint density at radius 2 is 2.28 bits per heavy atom. The van der Waals surface area contributed by atoms with Gasteiger partial charge in [0.25, 0.3) is 0 Å². The van der Waals surface area contributed by atoms with E-state index in [0.29, 0.717) is 24.8 Å². The Kier molecular flexibility index (Phi) is 5.60. The molecule has 0 saturated carbocycles. The van der Waals surface area contributed by atoms with Crippen LogP contribution in [-0.2, 0) is 11.3 Å². The lowest BCUT2D eigenvalue weighted by Crippen LogP contribution is -2.34. The van der Waals surface area contributed by atoms with Gasteiger partial charge in [0.05, 0.1) is 6.61 Å². The molecular weight excluding hydrogens is 297 g/mol. The smallest absolute Gasteiger partial charge is 0.128 e. The van der Waals surface area contributed by atoms with Crippen molar-refractivity contribution in [3.05, 3.63) is 34.1 Å². The molecule has 0 aromatic heterocycles. The lowest BCUT2D eigenvalue weighted by Gasteiger charge is -2.23. The predicted molar refractivity (Wildman–Crippen MR) is 74.0 cm³/mol. The summed E-state index contributed by atoms with van der Waals surface area (Å²) in [7, 11) is 0. The molecule has 1 aliphatic rings. The van der Waals surface area contributed by atoms with Crippen LogP contribution >= 0.6 is 15.9 Å². The van der Waals surface area contributed by atoms with Crippen LogP contribution in [0.5, 0.6) is 0 Å². The second-order valence-corrected chi connectivity index (χ2v) is 5.64. The van der Waals surface area contributed by atoms with Crippen LogP contribution < -0.4 is 5.32 Å². The lowest BCUT2D eigenvalue weighted by atomic mass is 10.0. The van der Waals surface area contributed by atoms with Gasteiger partial charge in [-0.05, 0) is 44.0 Å². The van der Waals surface area contributed by atoms with E-state index < -0.39 is 0 Å². The fourth-order valence-electron chi connectivity index (χ4n) is 2.23. The zero-order chi connectivity index (χ0) is 12.8. The van der Waals surface area contributed by atoms with Crippen LogP contribution in [0.25, 0.3) is 0 Å². The minimum atomic E-state index is -0.200. The Labute approximate surface area is 116 Å². The predicted octanol–water partition coefficient (Wildman–Crippen LogP) is 3.64. The van der Waals surface area contributed by atoms with E-state index in [0.717, 1.165) is 17.4 Å². The highest BCUT2D eigenvalue weighted by Crippen LogP contribution is 2.16. The summed E-state index contributed by atoms with van der Waals surface area (Å²) in [6.07, 6.45) is 4.82. The first-order valence-corrected chi connectivity index (χ1v) is 7.30. The largest absolute Gasteiger partial charge is 0.377 e. The van der Waals surface area contributed by atoms with E-state index in [4.69, 9.17) is 4.74 Å². The number of hydrogen-bond donors (Lipinski definition) is 1. The Bertz CT molecular complexity index is 380. The van der Waals surface area contributed by atoms with E-state index in [2.05, 4.69) is 21.2 Å². The van der Waals surface area contributed by atoms with Crippen molar-refractivity contribution in [1.82, 2.24) is 5.32 Å². The standard InChI is InChI=1S/C14H19BrFNO/c15-12-4-5-14(16)11(9-12)10-18-8-6-13-3-1-2-7-17-13/h4-5,9,13,17H,1-3,6-8,10H2. The highest BCUT2D eigenvalue weighted by atomic mass is 79.9. The number of piperidine rings is 1. The van der Waals surface area contributed by atoms with Gasteiger partial charge in [0, 0.05) is 22.7 Å². The van der Waals surface area contributed by atoms with Crippen molar-refractivity contribution < 1.29 is 9.13 Å². The van der Waals surface area contributed by atoms with E-state index in [1.807, 2.05) is 0 Å². The van der Waals surface area contributed by atoms with Crippen LogP contribution in [0.3, 0.4) is 0 Å². The van der Waals surface area contributed by atoms with Crippen LogP contribution in [0.15, 0.2) is 22.7 Å². The molecule has 1 aromatic carbocycles. The maximum Gasteiger partial charge on any atom is 0.128 e. The number of rotatable bonds is 5. The number of nitrogens with one attached hydrogen (secondary N) is 1. The van der Waals surface area contributed by atoms with Crippen molar-refractivity contribution in [2.45, 2.75) is 38.3 Å². The molecule has 0 bridgehead atoms. The maximum absolute atomic E-state index is 13.4. The molecular formula is C14H19BrFNO. The average molecular weight is 316 g/mol. The first-order valence-electron chi connectivity index (χ1n) is 6.51. The van der Waals surface area contributed by atoms with Crippen molar-refractivity contribution in [3.63, 3.8) is 0 Å². The van der Waals surface area contributed by atoms with E-state index >= 15 is 0 Å². The molecule has 1 fully saturated rings. The van der Waals surface area contributed by atoms with Gasteiger partial charge in [-0.15, -0.1) is 0 Å². The Morgan fingerprint density at radius 1 is 1.39 bits per heavy atom. The Morgan fingerprint density at radius 3 is 3.06 bits per heavy atom. The summed E-state index contributed by atoms with van der Waals surface area (Å²) in [6.45, 7) is 2.15. The van der Waals surface area contributed by atoms with Gasteiger partial charge < -0.3 is 10.1 Å². The first kappa shape index (κ1) is 14.0. The van der Waals surface area contributed by atoms with E-state index in [-0.39, 0.29) is 5.82 Å². The summed E-state index contributed by atoms with van der Waals surface area (Å²) >= 11 is 3.34. The zero-order valence-corrected chi connectivity index (χ0v) is 12.0. The Hall–Kier alpha value is -0.450. The number of halogens is 2. The average Bonchev–Trinajstić information content (AvgIpc) is 2.40. The fourth-order valence-corrected chi connectivity index (χ4v) is 2.64. The van der Waals surface area contributed by atoms with Gasteiger partial charge in [0.15, 0.2) is 0 Å². The molecule has 0 radical (unpaired) electrons. The van der Waals surface area contributed by atoms with Crippen molar-refractivity contribution in [2.75, 3.05) is 13.2 Å².